The van der Waals surface area contributed by atoms with Gasteiger partial charge >= 0.3 is 0 Å². The van der Waals surface area contributed by atoms with Gasteiger partial charge in [-0.05, 0) is 55.4 Å². The van der Waals surface area contributed by atoms with E-state index in [4.69, 9.17) is 11.6 Å². The zero-order valence-corrected chi connectivity index (χ0v) is 16.7. The second-order valence-electron chi connectivity index (χ2n) is 7.15. The van der Waals surface area contributed by atoms with Crippen molar-refractivity contribution in [1.82, 2.24) is 0 Å². The zero-order valence-electron chi connectivity index (χ0n) is 15.9. The quantitative estimate of drug-likeness (QED) is 0.270. The summed E-state index contributed by atoms with van der Waals surface area (Å²) in [7, 11) is 0. The van der Waals surface area contributed by atoms with Crippen LogP contribution in [0, 0.1) is 0 Å². The molecule has 0 amide bonds. The molecular weight excluding hydrogens is 372 g/mol. The van der Waals surface area contributed by atoms with Gasteiger partial charge in [0.15, 0.2) is 0 Å². The third-order valence-electron chi connectivity index (χ3n) is 5.50. The average Bonchev–Trinajstić information content (AvgIpc) is 2.78. The topological polar surface area (TPSA) is 0 Å². The molecular formula is C28H19Cl. The Hall–Kier alpha value is -3.35. The fourth-order valence-electron chi connectivity index (χ4n) is 4.20. The Kier molecular flexibility index (Phi) is 4.42. The van der Waals surface area contributed by atoms with E-state index in [2.05, 4.69) is 97.6 Å². The summed E-state index contributed by atoms with van der Waals surface area (Å²) < 4.78 is 0. The standard InChI is InChI=1S/C28H19Cl/c1-2-19-16-17-21(18-26(19)29)28-24-14-8-6-12-22(24)27(20-10-4-3-5-11-20)23-13-7-9-15-25(23)28/h2-18H,1H2. The third-order valence-corrected chi connectivity index (χ3v) is 5.83. The molecule has 0 aliphatic heterocycles. The van der Waals surface area contributed by atoms with E-state index in [0.717, 1.165) is 16.1 Å². The van der Waals surface area contributed by atoms with Crippen LogP contribution in [0.5, 0.6) is 0 Å². The molecule has 0 aliphatic carbocycles. The van der Waals surface area contributed by atoms with Crippen molar-refractivity contribution in [2.24, 2.45) is 0 Å². The van der Waals surface area contributed by atoms with Crippen LogP contribution in [-0.4, -0.2) is 0 Å². The molecule has 0 heterocycles. The lowest BCUT2D eigenvalue weighted by Gasteiger charge is -2.18. The molecule has 0 nitrogen and oxygen atoms in total. The molecule has 0 N–H and O–H groups in total. The lowest BCUT2D eigenvalue weighted by Crippen LogP contribution is -1.91. The first-order valence-corrected chi connectivity index (χ1v) is 10.1. The molecule has 0 unspecified atom stereocenters. The van der Waals surface area contributed by atoms with Crippen molar-refractivity contribution in [3.63, 3.8) is 0 Å². The summed E-state index contributed by atoms with van der Waals surface area (Å²) in [6.07, 6.45) is 1.79. The van der Waals surface area contributed by atoms with Gasteiger partial charge < -0.3 is 0 Å². The maximum Gasteiger partial charge on any atom is 0.0484 e. The maximum absolute atomic E-state index is 6.54. The number of fused-ring (bicyclic) bond motifs is 2. The van der Waals surface area contributed by atoms with E-state index in [1.54, 1.807) is 6.08 Å². The van der Waals surface area contributed by atoms with E-state index >= 15 is 0 Å². The monoisotopic (exact) mass is 390 g/mol. The van der Waals surface area contributed by atoms with Crippen LogP contribution in [0.25, 0.3) is 49.9 Å². The van der Waals surface area contributed by atoms with Crippen LogP contribution in [0.1, 0.15) is 5.56 Å². The molecule has 0 aromatic heterocycles. The van der Waals surface area contributed by atoms with Crippen molar-refractivity contribution in [3.8, 4) is 22.3 Å². The normalized spacial score (nSPS) is 11.1. The lowest BCUT2D eigenvalue weighted by molar-refractivity contribution is 1.63. The first-order chi connectivity index (χ1) is 14.3. The SMILES string of the molecule is C=Cc1ccc(-c2c3ccccc3c(-c3ccccc3)c3ccccc23)cc1Cl. The largest absolute Gasteiger partial charge is 0.0984 e. The van der Waals surface area contributed by atoms with Gasteiger partial charge in [0, 0.05) is 5.02 Å². The number of hydrogen-bond donors (Lipinski definition) is 0. The molecule has 0 atom stereocenters. The van der Waals surface area contributed by atoms with Gasteiger partial charge in [0.2, 0.25) is 0 Å². The fourth-order valence-corrected chi connectivity index (χ4v) is 4.46. The molecule has 5 rings (SSSR count). The number of rotatable bonds is 3. The predicted octanol–water partition coefficient (Wildman–Crippen LogP) is 8.62. The predicted molar refractivity (Wildman–Crippen MR) is 127 cm³/mol. The molecule has 0 radical (unpaired) electrons. The van der Waals surface area contributed by atoms with Crippen LogP contribution >= 0.6 is 11.6 Å². The van der Waals surface area contributed by atoms with E-state index in [9.17, 15) is 0 Å². The van der Waals surface area contributed by atoms with Gasteiger partial charge in [0.1, 0.15) is 0 Å². The smallest absolute Gasteiger partial charge is 0.0484 e. The Morgan fingerprint density at radius 2 is 1.03 bits per heavy atom. The summed E-state index contributed by atoms with van der Waals surface area (Å²) in [5.74, 6) is 0. The Morgan fingerprint density at radius 1 is 0.552 bits per heavy atom. The first kappa shape index (κ1) is 17.7. The number of benzene rings is 5. The van der Waals surface area contributed by atoms with Gasteiger partial charge in [-0.15, -0.1) is 0 Å². The molecule has 0 aliphatic rings. The van der Waals surface area contributed by atoms with Crippen molar-refractivity contribution in [2.75, 3.05) is 0 Å². The first-order valence-electron chi connectivity index (χ1n) is 9.69. The van der Waals surface area contributed by atoms with Crippen LogP contribution in [-0.2, 0) is 0 Å². The molecule has 0 saturated carbocycles. The van der Waals surface area contributed by atoms with Crippen LogP contribution in [0.2, 0.25) is 5.02 Å². The van der Waals surface area contributed by atoms with Gasteiger partial charge in [-0.25, -0.2) is 0 Å². The Labute approximate surface area is 175 Å². The summed E-state index contributed by atoms with van der Waals surface area (Å²) >= 11 is 6.54. The summed E-state index contributed by atoms with van der Waals surface area (Å²) in [4.78, 5) is 0. The van der Waals surface area contributed by atoms with E-state index in [1.165, 1.54) is 38.2 Å². The molecule has 5 aromatic carbocycles. The molecule has 5 aromatic rings. The van der Waals surface area contributed by atoms with Crippen molar-refractivity contribution in [1.29, 1.82) is 0 Å². The van der Waals surface area contributed by atoms with E-state index in [0.29, 0.717) is 0 Å². The van der Waals surface area contributed by atoms with E-state index in [1.807, 2.05) is 6.07 Å². The highest BCUT2D eigenvalue weighted by Gasteiger charge is 2.16. The van der Waals surface area contributed by atoms with Crippen molar-refractivity contribution < 1.29 is 0 Å². The summed E-state index contributed by atoms with van der Waals surface area (Å²) in [5.41, 5.74) is 5.78. The van der Waals surface area contributed by atoms with Gasteiger partial charge in [0.05, 0.1) is 0 Å². The molecule has 0 saturated heterocycles. The van der Waals surface area contributed by atoms with E-state index in [-0.39, 0.29) is 0 Å². The van der Waals surface area contributed by atoms with Crippen molar-refractivity contribution >= 4 is 39.2 Å². The molecule has 1 heteroatoms. The minimum atomic E-state index is 0.720. The van der Waals surface area contributed by atoms with Gasteiger partial charge in [0.25, 0.3) is 0 Å². The van der Waals surface area contributed by atoms with Crippen molar-refractivity contribution in [2.45, 2.75) is 0 Å². The minimum Gasteiger partial charge on any atom is -0.0984 e. The Bertz CT molecular complexity index is 1310. The number of halogens is 1. The molecule has 0 spiro atoms. The summed E-state index contributed by atoms with van der Waals surface area (Å²) in [5, 5.41) is 5.67. The fraction of sp³-hybridized carbons (Fsp3) is 0. The second kappa shape index (κ2) is 7.24. The maximum atomic E-state index is 6.54. The summed E-state index contributed by atoms with van der Waals surface area (Å²) in [6.45, 7) is 3.85. The van der Waals surface area contributed by atoms with Crippen LogP contribution in [0.3, 0.4) is 0 Å². The Morgan fingerprint density at radius 3 is 1.52 bits per heavy atom. The highest BCUT2D eigenvalue weighted by molar-refractivity contribution is 6.32. The zero-order chi connectivity index (χ0) is 19.8. The highest BCUT2D eigenvalue weighted by atomic mass is 35.5. The lowest BCUT2D eigenvalue weighted by atomic mass is 9.86. The summed E-state index contributed by atoms with van der Waals surface area (Å²) in [6, 6.07) is 34.1. The van der Waals surface area contributed by atoms with Crippen molar-refractivity contribution in [3.05, 3.63) is 114 Å². The molecule has 0 fully saturated rings. The molecule has 29 heavy (non-hydrogen) atoms. The van der Waals surface area contributed by atoms with Crippen LogP contribution in [0.4, 0.5) is 0 Å². The molecule has 0 bridgehead atoms. The van der Waals surface area contributed by atoms with Crippen LogP contribution < -0.4 is 0 Å². The molecule has 138 valence electrons. The highest BCUT2D eigenvalue weighted by Crippen LogP contribution is 2.43. The second-order valence-corrected chi connectivity index (χ2v) is 7.55. The van der Waals surface area contributed by atoms with Crippen LogP contribution in [0.15, 0.2) is 104 Å². The number of hydrogen-bond acceptors (Lipinski definition) is 0. The average molecular weight is 391 g/mol. The third kappa shape index (κ3) is 2.93. The Balaban J connectivity index is 1.96. The van der Waals surface area contributed by atoms with Gasteiger partial charge in [-0.1, -0.05) is 115 Å². The minimum absolute atomic E-state index is 0.720. The van der Waals surface area contributed by atoms with Gasteiger partial charge in [-0.2, -0.15) is 0 Å². The van der Waals surface area contributed by atoms with Gasteiger partial charge in [-0.3, -0.25) is 0 Å². The van der Waals surface area contributed by atoms with E-state index < -0.39 is 0 Å².